The molecule has 1 aromatic carbocycles. The zero-order valence-corrected chi connectivity index (χ0v) is 14.6. The third kappa shape index (κ3) is 3.06. The molecule has 0 unspecified atom stereocenters. The smallest absolute Gasteiger partial charge is 0.320 e. The Labute approximate surface area is 148 Å². The highest BCUT2D eigenvalue weighted by molar-refractivity contribution is 5.96. The van der Waals surface area contributed by atoms with E-state index >= 15 is 0 Å². The summed E-state index contributed by atoms with van der Waals surface area (Å²) in [5.74, 6) is -0.290. The molecule has 1 aliphatic carbocycles. The van der Waals surface area contributed by atoms with Crippen LogP contribution in [0.5, 0.6) is 0 Å². The van der Waals surface area contributed by atoms with Gasteiger partial charge in [-0.2, -0.15) is 0 Å². The Morgan fingerprint density at radius 1 is 1.12 bits per heavy atom. The molecule has 1 amide bonds. The van der Waals surface area contributed by atoms with Gasteiger partial charge in [-0.15, -0.1) is 0 Å². The van der Waals surface area contributed by atoms with Gasteiger partial charge in [-0.25, -0.2) is 0 Å². The Balaban J connectivity index is 1.54. The molecule has 0 aromatic heterocycles. The van der Waals surface area contributed by atoms with Crippen molar-refractivity contribution >= 4 is 17.6 Å². The van der Waals surface area contributed by atoms with Crippen LogP contribution >= 0.6 is 0 Å². The summed E-state index contributed by atoms with van der Waals surface area (Å²) in [6.07, 6.45) is 7.14. The minimum absolute atomic E-state index is 0.0459. The van der Waals surface area contributed by atoms with Crippen molar-refractivity contribution in [3.63, 3.8) is 0 Å². The van der Waals surface area contributed by atoms with E-state index < -0.39 is 12.0 Å². The fourth-order valence-electron chi connectivity index (χ4n) is 5.06. The summed E-state index contributed by atoms with van der Waals surface area (Å²) in [6, 6.07) is 7.84. The molecule has 0 radical (unpaired) electrons. The lowest BCUT2D eigenvalue weighted by Gasteiger charge is -2.35. The first-order valence-corrected chi connectivity index (χ1v) is 9.52. The topological polar surface area (TPSA) is 60.9 Å². The third-order valence-electron chi connectivity index (χ3n) is 6.24. The maximum atomic E-state index is 13.1. The molecular weight excluding hydrogens is 316 g/mol. The molecule has 1 saturated carbocycles. The molecule has 1 saturated heterocycles. The minimum atomic E-state index is -0.777. The number of aryl methyl sites for hydroxylation is 1. The summed E-state index contributed by atoms with van der Waals surface area (Å²) in [6.45, 7) is 0.960. The summed E-state index contributed by atoms with van der Waals surface area (Å²) in [4.78, 5) is 28.7. The molecule has 3 aliphatic rings. The van der Waals surface area contributed by atoms with Crippen LogP contribution in [-0.2, 0) is 16.0 Å². The van der Waals surface area contributed by atoms with Gasteiger partial charge in [0.25, 0.3) is 0 Å². The van der Waals surface area contributed by atoms with Gasteiger partial charge in [-0.1, -0.05) is 31.0 Å². The molecule has 2 heterocycles. The number of aliphatic carboxylic acids is 1. The fraction of sp³-hybridized carbons (Fsp3) is 0.600. The average Bonchev–Trinajstić information content (AvgIpc) is 3.00. The first-order chi connectivity index (χ1) is 12.1. The molecule has 0 spiro atoms. The highest BCUT2D eigenvalue weighted by atomic mass is 16.4. The molecule has 1 aromatic rings. The number of carbonyl (C=O) groups excluding carboxylic acids is 1. The lowest BCUT2D eigenvalue weighted by molar-refractivity contribution is -0.143. The standard InChI is InChI=1S/C20H26N2O3/c23-19(21-11-5-8-14-6-1-3-9-16(14)21)13-22-17-10-4-2-7-15(17)12-18(22)20(24)25/h1,3,6,9,15,17-18H,2,4-5,7-8,10-13H2,(H,24,25)/t15-,17+,18-/m0/s1. The van der Waals surface area contributed by atoms with Crippen molar-refractivity contribution in [2.45, 2.75) is 57.0 Å². The Bertz CT molecular complexity index is 675. The quantitative estimate of drug-likeness (QED) is 0.917. The predicted molar refractivity (Wildman–Crippen MR) is 95.6 cm³/mol. The molecule has 2 aliphatic heterocycles. The number of carboxylic acids is 1. The van der Waals surface area contributed by atoms with Crippen LogP contribution in [0, 0.1) is 5.92 Å². The molecular formula is C20H26N2O3. The molecule has 4 rings (SSSR count). The Kier molecular flexibility index (Phi) is 4.50. The lowest BCUT2D eigenvalue weighted by atomic mass is 9.85. The van der Waals surface area contributed by atoms with Gasteiger partial charge in [0, 0.05) is 18.3 Å². The number of hydrogen-bond acceptors (Lipinski definition) is 3. The van der Waals surface area contributed by atoms with E-state index in [9.17, 15) is 14.7 Å². The molecule has 5 heteroatoms. The highest BCUT2D eigenvalue weighted by Gasteiger charge is 2.46. The van der Waals surface area contributed by atoms with Crippen LogP contribution in [-0.4, -0.2) is 47.1 Å². The van der Waals surface area contributed by atoms with E-state index in [-0.39, 0.29) is 18.5 Å². The van der Waals surface area contributed by atoms with E-state index in [0.29, 0.717) is 12.3 Å². The SMILES string of the molecule is O=C(O)[C@@H]1C[C@@H]2CCCC[C@H]2N1CC(=O)N1CCCc2ccccc21. The van der Waals surface area contributed by atoms with E-state index in [4.69, 9.17) is 0 Å². The summed E-state index contributed by atoms with van der Waals surface area (Å²) < 4.78 is 0. The number of amides is 1. The molecule has 1 N–H and O–H groups in total. The summed E-state index contributed by atoms with van der Waals surface area (Å²) in [5, 5.41) is 9.65. The highest BCUT2D eigenvalue weighted by Crippen LogP contribution is 2.40. The second-order valence-electron chi connectivity index (χ2n) is 7.65. The van der Waals surface area contributed by atoms with E-state index in [1.165, 1.54) is 12.0 Å². The number of anilines is 1. The van der Waals surface area contributed by atoms with Crippen LogP contribution in [0.3, 0.4) is 0 Å². The van der Waals surface area contributed by atoms with Crippen molar-refractivity contribution in [3.8, 4) is 0 Å². The van der Waals surface area contributed by atoms with Gasteiger partial charge < -0.3 is 10.0 Å². The van der Waals surface area contributed by atoms with Gasteiger partial charge in [-0.05, 0) is 49.7 Å². The number of carbonyl (C=O) groups is 2. The van der Waals surface area contributed by atoms with Gasteiger partial charge in [0.05, 0.1) is 6.54 Å². The first-order valence-electron chi connectivity index (χ1n) is 9.52. The largest absolute Gasteiger partial charge is 0.480 e. The van der Waals surface area contributed by atoms with Crippen molar-refractivity contribution in [1.82, 2.24) is 4.90 Å². The van der Waals surface area contributed by atoms with E-state index in [1.807, 2.05) is 28.0 Å². The summed E-state index contributed by atoms with van der Waals surface area (Å²) >= 11 is 0. The number of nitrogens with zero attached hydrogens (tertiary/aromatic N) is 2. The molecule has 25 heavy (non-hydrogen) atoms. The number of likely N-dealkylation sites (tertiary alicyclic amines) is 1. The van der Waals surface area contributed by atoms with Crippen molar-refractivity contribution in [3.05, 3.63) is 29.8 Å². The van der Waals surface area contributed by atoms with Gasteiger partial charge in [-0.3, -0.25) is 14.5 Å². The van der Waals surface area contributed by atoms with Crippen LogP contribution in [0.2, 0.25) is 0 Å². The van der Waals surface area contributed by atoms with Crippen LogP contribution < -0.4 is 4.90 Å². The second-order valence-corrected chi connectivity index (χ2v) is 7.65. The number of para-hydroxylation sites is 1. The van der Waals surface area contributed by atoms with Crippen LogP contribution in [0.1, 0.15) is 44.1 Å². The van der Waals surface area contributed by atoms with Crippen molar-refractivity contribution in [1.29, 1.82) is 0 Å². The maximum absolute atomic E-state index is 13.1. The molecule has 134 valence electrons. The molecule has 2 fully saturated rings. The number of carboxylic acid groups (broad SMARTS) is 1. The first kappa shape index (κ1) is 16.6. The molecule has 5 nitrogen and oxygen atoms in total. The Morgan fingerprint density at radius 3 is 2.76 bits per heavy atom. The predicted octanol–water partition coefficient (Wildman–Crippen LogP) is 2.68. The second kappa shape index (κ2) is 6.79. The summed E-state index contributed by atoms with van der Waals surface area (Å²) in [5.41, 5.74) is 2.22. The maximum Gasteiger partial charge on any atom is 0.320 e. The number of rotatable bonds is 3. The molecule has 3 atom stereocenters. The van der Waals surface area contributed by atoms with Crippen molar-refractivity contribution in [2.75, 3.05) is 18.0 Å². The van der Waals surface area contributed by atoms with Gasteiger partial charge in [0.1, 0.15) is 6.04 Å². The summed E-state index contributed by atoms with van der Waals surface area (Å²) in [7, 11) is 0. The number of hydrogen-bond donors (Lipinski definition) is 1. The van der Waals surface area contributed by atoms with Crippen molar-refractivity contribution < 1.29 is 14.7 Å². The molecule has 0 bridgehead atoms. The zero-order chi connectivity index (χ0) is 17.4. The lowest BCUT2D eigenvalue weighted by Crippen LogP contribution is -2.49. The Morgan fingerprint density at radius 2 is 1.92 bits per heavy atom. The van der Waals surface area contributed by atoms with E-state index in [2.05, 4.69) is 6.07 Å². The average molecular weight is 342 g/mol. The normalized spacial score (nSPS) is 29.1. The van der Waals surface area contributed by atoms with Crippen molar-refractivity contribution in [2.24, 2.45) is 5.92 Å². The Hall–Kier alpha value is -1.88. The van der Waals surface area contributed by atoms with Gasteiger partial charge in [0.15, 0.2) is 0 Å². The van der Waals surface area contributed by atoms with Gasteiger partial charge >= 0.3 is 5.97 Å². The van der Waals surface area contributed by atoms with Gasteiger partial charge in [0.2, 0.25) is 5.91 Å². The third-order valence-corrected chi connectivity index (χ3v) is 6.24. The zero-order valence-electron chi connectivity index (χ0n) is 14.6. The minimum Gasteiger partial charge on any atom is -0.480 e. The van der Waals surface area contributed by atoms with E-state index in [1.54, 1.807) is 0 Å². The monoisotopic (exact) mass is 342 g/mol. The van der Waals surface area contributed by atoms with Crippen LogP contribution in [0.4, 0.5) is 5.69 Å². The van der Waals surface area contributed by atoms with Crippen LogP contribution in [0.25, 0.3) is 0 Å². The number of fused-ring (bicyclic) bond motifs is 2. The van der Waals surface area contributed by atoms with E-state index in [0.717, 1.165) is 44.3 Å². The number of benzene rings is 1. The fourth-order valence-corrected chi connectivity index (χ4v) is 5.06. The van der Waals surface area contributed by atoms with Crippen LogP contribution in [0.15, 0.2) is 24.3 Å².